The van der Waals surface area contributed by atoms with Gasteiger partial charge >= 0.3 is 0 Å². The van der Waals surface area contributed by atoms with Crippen LogP contribution in [0.4, 0.5) is 0 Å². The minimum atomic E-state index is 0.0851. The lowest BCUT2D eigenvalue weighted by molar-refractivity contribution is 0.376. The minimum absolute atomic E-state index is 0.0851. The molecule has 0 unspecified atom stereocenters. The molecule has 126 valence electrons. The first-order valence-electron chi connectivity index (χ1n) is 8.51. The first-order chi connectivity index (χ1) is 11.2. The number of nitrogens with zero attached hydrogens (tertiary/aromatic N) is 2. The molecule has 1 aliphatic heterocycles. The van der Waals surface area contributed by atoms with Gasteiger partial charge in [0, 0.05) is 35.6 Å². The highest BCUT2D eigenvalue weighted by Gasteiger charge is 2.37. The van der Waals surface area contributed by atoms with Crippen molar-refractivity contribution in [2.75, 3.05) is 38.2 Å². The molecule has 23 heavy (non-hydrogen) atoms. The predicted molar refractivity (Wildman–Crippen MR) is 98.5 cm³/mol. The zero-order valence-corrected chi connectivity index (χ0v) is 14.8. The SMILES string of the molecule is COc1ccccc1C1(CN=C(N)N2CCSCC2)CCCC1. The third kappa shape index (κ3) is 3.60. The third-order valence-electron chi connectivity index (χ3n) is 5.12. The van der Waals surface area contributed by atoms with Gasteiger partial charge in [-0.25, -0.2) is 0 Å². The Bertz CT molecular complexity index is 549. The van der Waals surface area contributed by atoms with E-state index in [1.807, 2.05) is 17.8 Å². The van der Waals surface area contributed by atoms with Crippen molar-refractivity contribution in [2.24, 2.45) is 10.7 Å². The molecule has 1 saturated heterocycles. The summed E-state index contributed by atoms with van der Waals surface area (Å²) in [6, 6.07) is 8.40. The van der Waals surface area contributed by atoms with Gasteiger partial charge in [0.2, 0.25) is 0 Å². The van der Waals surface area contributed by atoms with E-state index in [9.17, 15) is 0 Å². The van der Waals surface area contributed by atoms with Crippen molar-refractivity contribution in [1.29, 1.82) is 0 Å². The van der Waals surface area contributed by atoms with Crippen molar-refractivity contribution in [3.63, 3.8) is 0 Å². The summed E-state index contributed by atoms with van der Waals surface area (Å²) >= 11 is 1.99. The molecule has 0 aromatic heterocycles. The van der Waals surface area contributed by atoms with Crippen LogP contribution < -0.4 is 10.5 Å². The molecule has 2 aliphatic rings. The molecule has 1 saturated carbocycles. The van der Waals surface area contributed by atoms with Crippen LogP contribution in [0.25, 0.3) is 0 Å². The van der Waals surface area contributed by atoms with E-state index in [1.54, 1.807) is 7.11 Å². The summed E-state index contributed by atoms with van der Waals surface area (Å²) in [5.74, 6) is 3.99. The van der Waals surface area contributed by atoms with E-state index in [-0.39, 0.29) is 5.41 Å². The second-order valence-electron chi connectivity index (χ2n) is 6.46. The van der Waals surface area contributed by atoms with Crippen LogP contribution in [0, 0.1) is 0 Å². The van der Waals surface area contributed by atoms with E-state index >= 15 is 0 Å². The lowest BCUT2D eigenvalue weighted by Crippen LogP contribution is -2.43. The molecule has 1 aromatic rings. The summed E-state index contributed by atoms with van der Waals surface area (Å²) in [7, 11) is 1.75. The zero-order chi connectivity index (χ0) is 16.1. The van der Waals surface area contributed by atoms with Crippen molar-refractivity contribution < 1.29 is 4.74 Å². The number of ether oxygens (including phenoxy) is 1. The Morgan fingerprint density at radius 1 is 1.26 bits per heavy atom. The number of hydrogen-bond donors (Lipinski definition) is 1. The Hall–Kier alpha value is -1.36. The van der Waals surface area contributed by atoms with Crippen molar-refractivity contribution >= 4 is 17.7 Å². The molecule has 0 bridgehead atoms. The molecule has 0 radical (unpaired) electrons. The largest absolute Gasteiger partial charge is 0.496 e. The maximum absolute atomic E-state index is 6.27. The maximum atomic E-state index is 6.27. The smallest absolute Gasteiger partial charge is 0.191 e. The Morgan fingerprint density at radius 2 is 1.96 bits per heavy atom. The van der Waals surface area contributed by atoms with Gasteiger partial charge in [-0.3, -0.25) is 4.99 Å². The second-order valence-corrected chi connectivity index (χ2v) is 7.69. The number of thioether (sulfide) groups is 1. The van der Waals surface area contributed by atoms with E-state index in [2.05, 4.69) is 23.1 Å². The lowest BCUT2D eigenvalue weighted by Gasteiger charge is -2.31. The number of para-hydroxylation sites is 1. The topological polar surface area (TPSA) is 50.9 Å². The first-order valence-corrected chi connectivity index (χ1v) is 9.67. The lowest BCUT2D eigenvalue weighted by atomic mass is 9.78. The van der Waals surface area contributed by atoms with Crippen LogP contribution in [0.3, 0.4) is 0 Å². The quantitative estimate of drug-likeness (QED) is 0.680. The minimum Gasteiger partial charge on any atom is -0.496 e. The molecule has 0 amide bonds. The van der Waals surface area contributed by atoms with E-state index < -0.39 is 0 Å². The highest BCUT2D eigenvalue weighted by Crippen LogP contribution is 2.44. The van der Waals surface area contributed by atoms with E-state index in [0.29, 0.717) is 5.96 Å². The van der Waals surface area contributed by atoms with Gasteiger partial charge < -0.3 is 15.4 Å². The number of rotatable bonds is 4. The Kier molecular flexibility index (Phi) is 5.36. The van der Waals surface area contributed by atoms with Crippen LogP contribution in [0.1, 0.15) is 31.2 Å². The van der Waals surface area contributed by atoms with Gasteiger partial charge in [0.05, 0.1) is 13.7 Å². The number of nitrogens with two attached hydrogens (primary N) is 1. The average Bonchev–Trinajstić information content (AvgIpc) is 3.10. The van der Waals surface area contributed by atoms with Gasteiger partial charge in [0.15, 0.2) is 5.96 Å². The number of hydrogen-bond acceptors (Lipinski definition) is 3. The van der Waals surface area contributed by atoms with Gasteiger partial charge in [-0.05, 0) is 18.9 Å². The number of benzene rings is 1. The van der Waals surface area contributed by atoms with Crippen molar-refractivity contribution in [1.82, 2.24) is 4.90 Å². The fourth-order valence-electron chi connectivity index (χ4n) is 3.77. The molecule has 1 heterocycles. The normalized spacial score (nSPS) is 21.4. The third-order valence-corrected chi connectivity index (χ3v) is 6.06. The van der Waals surface area contributed by atoms with E-state index in [4.69, 9.17) is 15.5 Å². The molecule has 2 fully saturated rings. The van der Waals surface area contributed by atoms with Gasteiger partial charge in [-0.15, -0.1) is 0 Å². The number of methoxy groups -OCH3 is 1. The highest BCUT2D eigenvalue weighted by atomic mass is 32.2. The van der Waals surface area contributed by atoms with Gasteiger partial charge in [-0.1, -0.05) is 31.0 Å². The van der Waals surface area contributed by atoms with Crippen LogP contribution in [0.15, 0.2) is 29.3 Å². The first kappa shape index (κ1) is 16.5. The van der Waals surface area contributed by atoms with Crippen LogP contribution >= 0.6 is 11.8 Å². The number of guanidine groups is 1. The predicted octanol–water partition coefficient (Wildman–Crippen LogP) is 2.87. The fourth-order valence-corrected chi connectivity index (χ4v) is 4.68. The summed E-state index contributed by atoms with van der Waals surface area (Å²) < 4.78 is 5.61. The van der Waals surface area contributed by atoms with Crippen LogP contribution in [-0.2, 0) is 5.41 Å². The Labute approximate surface area is 143 Å². The molecular weight excluding hydrogens is 306 g/mol. The van der Waals surface area contributed by atoms with Gasteiger partial charge in [0.1, 0.15) is 5.75 Å². The molecule has 3 rings (SSSR count). The summed E-state index contributed by atoms with van der Waals surface area (Å²) in [6.45, 7) is 2.80. The van der Waals surface area contributed by atoms with Crippen molar-refractivity contribution in [2.45, 2.75) is 31.1 Å². The second kappa shape index (κ2) is 7.47. The van der Waals surface area contributed by atoms with E-state index in [0.717, 1.165) is 36.9 Å². The van der Waals surface area contributed by atoms with Crippen LogP contribution in [0.2, 0.25) is 0 Å². The Balaban J connectivity index is 1.81. The standard InChI is InChI=1S/C18H27N3OS/c1-22-16-7-3-2-6-15(16)18(8-4-5-9-18)14-20-17(19)21-10-12-23-13-11-21/h2-3,6-7H,4-5,8-14H2,1H3,(H2,19,20). The summed E-state index contributed by atoms with van der Waals surface area (Å²) in [5, 5.41) is 0. The monoisotopic (exact) mass is 333 g/mol. The summed E-state index contributed by atoms with van der Waals surface area (Å²) in [6.07, 6.45) is 4.85. The van der Waals surface area contributed by atoms with Crippen molar-refractivity contribution in [3.8, 4) is 5.75 Å². The summed E-state index contributed by atoms with van der Waals surface area (Å²) in [5.41, 5.74) is 7.65. The van der Waals surface area contributed by atoms with E-state index in [1.165, 1.54) is 31.2 Å². The fraction of sp³-hybridized carbons (Fsp3) is 0.611. The molecule has 5 heteroatoms. The summed E-state index contributed by atoms with van der Waals surface area (Å²) in [4.78, 5) is 7.03. The van der Waals surface area contributed by atoms with Gasteiger partial charge in [-0.2, -0.15) is 11.8 Å². The van der Waals surface area contributed by atoms with Crippen LogP contribution in [0.5, 0.6) is 5.75 Å². The molecule has 4 nitrogen and oxygen atoms in total. The number of aliphatic imine (C=N–C) groups is 1. The molecule has 0 spiro atoms. The van der Waals surface area contributed by atoms with Crippen molar-refractivity contribution in [3.05, 3.63) is 29.8 Å². The zero-order valence-electron chi connectivity index (χ0n) is 14.0. The molecule has 0 atom stereocenters. The molecular formula is C18H27N3OS. The average molecular weight is 334 g/mol. The molecule has 2 N–H and O–H groups in total. The Morgan fingerprint density at radius 3 is 2.65 bits per heavy atom. The molecule has 1 aromatic carbocycles. The highest BCUT2D eigenvalue weighted by molar-refractivity contribution is 7.99. The van der Waals surface area contributed by atoms with Crippen LogP contribution in [-0.4, -0.2) is 49.1 Å². The molecule has 1 aliphatic carbocycles. The van der Waals surface area contributed by atoms with Gasteiger partial charge in [0.25, 0.3) is 0 Å². The maximum Gasteiger partial charge on any atom is 0.191 e.